The summed E-state index contributed by atoms with van der Waals surface area (Å²) in [5.74, 6) is 0.128. The molecular weight excluding hydrogens is 241 g/mol. The molecule has 1 aliphatic carbocycles. The van der Waals surface area contributed by atoms with Crippen molar-refractivity contribution in [2.24, 2.45) is 5.41 Å². The van der Waals surface area contributed by atoms with Gasteiger partial charge in [-0.15, -0.1) is 0 Å². The van der Waals surface area contributed by atoms with Crippen LogP contribution in [0.25, 0.3) is 11.0 Å². The summed E-state index contributed by atoms with van der Waals surface area (Å²) in [6.07, 6.45) is 6.29. The van der Waals surface area contributed by atoms with Crippen molar-refractivity contribution in [3.63, 3.8) is 0 Å². The van der Waals surface area contributed by atoms with Gasteiger partial charge in [0.2, 0.25) is 5.95 Å². The first kappa shape index (κ1) is 12.5. The van der Waals surface area contributed by atoms with Gasteiger partial charge in [0.15, 0.2) is 5.82 Å². The van der Waals surface area contributed by atoms with E-state index in [-0.39, 0.29) is 11.2 Å². The first-order chi connectivity index (χ1) is 9.09. The molecule has 102 valence electrons. The highest BCUT2D eigenvalue weighted by molar-refractivity contribution is 5.78. The minimum atomic E-state index is -0.295. The lowest BCUT2D eigenvalue weighted by molar-refractivity contribution is 0.186. The van der Waals surface area contributed by atoms with Gasteiger partial charge in [0, 0.05) is 6.54 Å². The Hall–Kier alpha value is -1.58. The van der Waals surface area contributed by atoms with Gasteiger partial charge in [-0.3, -0.25) is 0 Å². The van der Waals surface area contributed by atoms with Crippen LogP contribution in [0, 0.1) is 11.2 Å². The van der Waals surface area contributed by atoms with Crippen LogP contribution in [0.2, 0.25) is 0 Å². The molecule has 0 saturated heterocycles. The van der Waals surface area contributed by atoms with Gasteiger partial charge in [0.25, 0.3) is 0 Å². The lowest BCUT2D eigenvalue weighted by atomic mass is 9.75. The molecule has 0 bridgehead atoms. The fourth-order valence-corrected chi connectivity index (χ4v) is 3.24. The first-order valence-corrected chi connectivity index (χ1v) is 6.99. The Labute approximate surface area is 112 Å². The van der Waals surface area contributed by atoms with E-state index in [0.717, 1.165) is 12.1 Å². The van der Waals surface area contributed by atoms with Crippen LogP contribution in [0.15, 0.2) is 18.2 Å². The summed E-state index contributed by atoms with van der Waals surface area (Å²) in [7, 11) is 0. The zero-order chi connectivity index (χ0) is 13.5. The lowest BCUT2D eigenvalue weighted by Gasteiger charge is -2.34. The highest BCUT2D eigenvalue weighted by Gasteiger charge is 2.28. The van der Waals surface area contributed by atoms with Crippen LogP contribution >= 0.6 is 0 Å². The standard InChI is InChI=1S/C15H20FN3/c1-15(8-3-2-4-9-15)10-19-12-7-5-6-11(16)13(12)18-14(19)17/h5-7H,2-4,8-10H2,1H3,(H2,17,18). The Balaban J connectivity index is 2.00. The molecule has 1 heterocycles. The average molecular weight is 261 g/mol. The molecule has 2 aromatic rings. The summed E-state index contributed by atoms with van der Waals surface area (Å²) in [6, 6.07) is 5.05. The second kappa shape index (κ2) is 4.51. The van der Waals surface area contributed by atoms with Crippen LogP contribution in [-0.2, 0) is 6.54 Å². The highest BCUT2D eigenvalue weighted by atomic mass is 19.1. The summed E-state index contributed by atoms with van der Waals surface area (Å²) in [5.41, 5.74) is 7.44. The van der Waals surface area contributed by atoms with Gasteiger partial charge in [-0.05, 0) is 30.4 Å². The number of hydrogen-bond acceptors (Lipinski definition) is 2. The molecule has 4 heteroatoms. The molecule has 1 saturated carbocycles. The number of benzene rings is 1. The van der Waals surface area contributed by atoms with Crippen molar-refractivity contribution in [2.75, 3.05) is 5.73 Å². The number of fused-ring (bicyclic) bond motifs is 1. The van der Waals surface area contributed by atoms with Crippen LogP contribution in [0.1, 0.15) is 39.0 Å². The summed E-state index contributed by atoms with van der Waals surface area (Å²) < 4.78 is 15.7. The number of nitrogens with zero attached hydrogens (tertiary/aromatic N) is 2. The van der Waals surface area contributed by atoms with Gasteiger partial charge in [0.05, 0.1) is 5.52 Å². The van der Waals surface area contributed by atoms with Crippen molar-refractivity contribution >= 4 is 17.0 Å². The van der Waals surface area contributed by atoms with E-state index in [4.69, 9.17) is 5.73 Å². The summed E-state index contributed by atoms with van der Waals surface area (Å²) in [4.78, 5) is 4.17. The number of rotatable bonds is 2. The van der Waals surface area contributed by atoms with E-state index in [0.29, 0.717) is 11.5 Å². The van der Waals surface area contributed by atoms with Crippen LogP contribution in [0.3, 0.4) is 0 Å². The topological polar surface area (TPSA) is 43.8 Å². The molecule has 3 nitrogen and oxygen atoms in total. The number of nitrogens with two attached hydrogens (primary N) is 1. The number of aromatic nitrogens is 2. The first-order valence-electron chi connectivity index (χ1n) is 6.99. The number of imidazole rings is 1. The molecule has 1 aromatic carbocycles. The van der Waals surface area contributed by atoms with E-state index in [1.165, 1.54) is 38.2 Å². The van der Waals surface area contributed by atoms with Crippen molar-refractivity contribution in [2.45, 2.75) is 45.6 Å². The van der Waals surface area contributed by atoms with Gasteiger partial charge in [-0.25, -0.2) is 9.37 Å². The van der Waals surface area contributed by atoms with Crippen molar-refractivity contribution in [3.05, 3.63) is 24.0 Å². The Kier molecular flexibility index (Phi) is 2.96. The SMILES string of the molecule is CC1(Cn2c(N)nc3c(F)cccc32)CCCCC1. The fraction of sp³-hybridized carbons (Fsp3) is 0.533. The quantitative estimate of drug-likeness (QED) is 0.895. The average Bonchev–Trinajstić information content (AvgIpc) is 2.69. The maximum Gasteiger partial charge on any atom is 0.201 e. The number of nitrogen functional groups attached to an aromatic ring is 1. The maximum absolute atomic E-state index is 13.7. The Bertz CT molecular complexity index is 597. The molecule has 1 fully saturated rings. The monoisotopic (exact) mass is 261 g/mol. The van der Waals surface area contributed by atoms with Crippen molar-refractivity contribution in [3.8, 4) is 0 Å². The number of halogens is 1. The minimum absolute atomic E-state index is 0.256. The van der Waals surface area contributed by atoms with Crippen molar-refractivity contribution in [1.29, 1.82) is 0 Å². The molecule has 2 N–H and O–H groups in total. The van der Waals surface area contributed by atoms with Crippen molar-refractivity contribution < 1.29 is 4.39 Å². The van der Waals surface area contributed by atoms with Crippen LogP contribution in [0.4, 0.5) is 10.3 Å². The summed E-state index contributed by atoms with van der Waals surface area (Å²) in [5, 5.41) is 0. The van der Waals surface area contributed by atoms with Gasteiger partial charge in [-0.2, -0.15) is 0 Å². The lowest BCUT2D eigenvalue weighted by Crippen LogP contribution is -2.26. The van der Waals surface area contributed by atoms with Crippen LogP contribution in [0.5, 0.6) is 0 Å². The third-order valence-electron chi connectivity index (χ3n) is 4.36. The van der Waals surface area contributed by atoms with Crippen LogP contribution < -0.4 is 5.73 Å². The van der Waals surface area contributed by atoms with E-state index < -0.39 is 0 Å². The second-order valence-electron chi connectivity index (χ2n) is 6.04. The Morgan fingerprint density at radius 3 is 2.79 bits per heavy atom. The molecular formula is C15H20FN3. The zero-order valence-electron chi connectivity index (χ0n) is 11.3. The van der Waals surface area contributed by atoms with E-state index in [1.54, 1.807) is 6.07 Å². The molecule has 19 heavy (non-hydrogen) atoms. The molecule has 0 amide bonds. The molecule has 0 aliphatic heterocycles. The number of anilines is 1. The Morgan fingerprint density at radius 1 is 1.32 bits per heavy atom. The van der Waals surface area contributed by atoms with E-state index >= 15 is 0 Å². The van der Waals surface area contributed by atoms with Gasteiger partial charge in [-0.1, -0.05) is 32.3 Å². The molecule has 1 aliphatic rings. The van der Waals surface area contributed by atoms with E-state index in [9.17, 15) is 4.39 Å². The van der Waals surface area contributed by atoms with Crippen LogP contribution in [-0.4, -0.2) is 9.55 Å². The molecule has 0 radical (unpaired) electrons. The highest BCUT2D eigenvalue weighted by Crippen LogP contribution is 2.38. The summed E-state index contributed by atoms with van der Waals surface area (Å²) in [6.45, 7) is 3.13. The van der Waals surface area contributed by atoms with Gasteiger partial charge >= 0.3 is 0 Å². The van der Waals surface area contributed by atoms with E-state index in [1.807, 2.05) is 10.6 Å². The van der Waals surface area contributed by atoms with Gasteiger partial charge in [0.1, 0.15) is 5.52 Å². The number of hydrogen-bond donors (Lipinski definition) is 1. The second-order valence-corrected chi connectivity index (χ2v) is 6.04. The molecule has 0 atom stereocenters. The van der Waals surface area contributed by atoms with Gasteiger partial charge < -0.3 is 10.3 Å². The third kappa shape index (κ3) is 2.20. The fourth-order valence-electron chi connectivity index (χ4n) is 3.24. The Morgan fingerprint density at radius 2 is 2.05 bits per heavy atom. The summed E-state index contributed by atoms with van der Waals surface area (Å²) >= 11 is 0. The minimum Gasteiger partial charge on any atom is -0.369 e. The molecule has 1 aromatic heterocycles. The predicted molar refractivity (Wildman–Crippen MR) is 75.3 cm³/mol. The predicted octanol–water partition coefficient (Wildman–Crippen LogP) is 3.73. The van der Waals surface area contributed by atoms with Crippen molar-refractivity contribution in [1.82, 2.24) is 9.55 Å². The largest absolute Gasteiger partial charge is 0.369 e. The molecule has 0 spiro atoms. The maximum atomic E-state index is 13.7. The number of para-hydroxylation sites is 1. The van der Waals surface area contributed by atoms with E-state index in [2.05, 4.69) is 11.9 Å². The molecule has 3 rings (SSSR count). The zero-order valence-corrected chi connectivity index (χ0v) is 11.3. The molecule has 0 unspecified atom stereocenters. The smallest absolute Gasteiger partial charge is 0.201 e. The normalized spacial score (nSPS) is 18.8. The third-order valence-corrected chi connectivity index (χ3v) is 4.36.